The Labute approximate surface area is 130 Å². The molecular formula is C18H18N2O2. The van der Waals surface area contributed by atoms with Crippen LogP contribution in [0.2, 0.25) is 0 Å². The van der Waals surface area contributed by atoms with E-state index in [1.807, 2.05) is 47.4 Å². The molecule has 2 rings (SSSR count). The summed E-state index contributed by atoms with van der Waals surface area (Å²) in [6.45, 7) is 0.763. The second-order valence-corrected chi connectivity index (χ2v) is 4.82. The van der Waals surface area contributed by atoms with Crippen molar-refractivity contribution in [1.29, 1.82) is 5.26 Å². The van der Waals surface area contributed by atoms with E-state index in [4.69, 9.17) is 10.00 Å². The van der Waals surface area contributed by atoms with Gasteiger partial charge in [0, 0.05) is 17.8 Å². The number of carbonyl (C=O) groups excluding carboxylic acids is 1. The van der Waals surface area contributed by atoms with Crippen LogP contribution in [-0.4, -0.2) is 26.0 Å². The Balaban J connectivity index is 2.15. The lowest BCUT2D eigenvalue weighted by atomic mass is 10.1. The number of hydrogen-bond donors (Lipinski definition) is 0. The zero-order valence-electron chi connectivity index (χ0n) is 12.5. The van der Waals surface area contributed by atoms with E-state index in [1.54, 1.807) is 19.2 Å². The number of nitriles is 1. The molecule has 4 heteroatoms. The van der Waals surface area contributed by atoms with E-state index in [2.05, 4.69) is 6.07 Å². The zero-order chi connectivity index (χ0) is 15.8. The first-order valence-electron chi connectivity index (χ1n) is 7.09. The number of hydrogen-bond acceptors (Lipinski definition) is 4. The molecule has 0 aromatic heterocycles. The van der Waals surface area contributed by atoms with Crippen molar-refractivity contribution in [2.24, 2.45) is 0 Å². The lowest BCUT2D eigenvalue weighted by Crippen LogP contribution is -2.30. The van der Waals surface area contributed by atoms with Gasteiger partial charge in [0.1, 0.15) is 5.75 Å². The highest BCUT2D eigenvalue weighted by atomic mass is 16.5. The highest BCUT2D eigenvalue weighted by Gasteiger charge is 2.13. The van der Waals surface area contributed by atoms with E-state index < -0.39 is 0 Å². The molecule has 0 spiro atoms. The number of methoxy groups -OCH3 is 1. The number of anilines is 1. The van der Waals surface area contributed by atoms with E-state index in [1.165, 1.54) is 0 Å². The molecule has 0 radical (unpaired) electrons. The van der Waals surface area contributed by atoms with Gasteiger partial charge in [-0.05, 0) is 24.3 Å². The third kappa shape index (κ3) is 4.10. The van der Waals surface area contributed by atoms with Crippen molar-refractivity contribution in [3.8, 4) is 11.8 Å². The van der Waals surface area contributed by atoms with Gasteiger partial charge in [0.05, 0.1) is 26.1 Å². The van der Waals surface area contributed by atoms with Gasteiger partial charge in [-0.1, -0.05) is 30.3 Å². The van der Waals surface area contributed by atoms with Crippen LogP contribution in [0.4, 0.5) is 5.69 Å². The molecule has 0 fully saturated rings. The summed E-state index contributed by atoms with van der Waals surface area (Å²) in [7, 11) is 1.61. The fourth-order valence-electron chi connectivity index (χ4n) is 2.17. The van der Waals surface area contributed by atoms with Crippen molar-refractivity contribution in [3.63, 3.8) is 0 Å². The molecular weight excluding hydrogens is 276 g/mol. The fraction of sp³-hybridized carbons (Fsp3) is 0.222. The summed E-state index contributed by atoms with van der Waals surface area (Å²) in [5.74, 6) is 0.799. The van der Waals surface area contributed by atoms with Crippen LogP contribution < -0.4 is 9.64 Å². The standard InChI is InChI=1S/C18H18N2O2/c1-22-17-10-8-16(9-11-17)20(13-5-12-19)14-18(21)15-6-3-2-4-7-15/h2-4,6-11H,5,13-14H2,1H3. The maximum absolute atomic E-state index is 12.4. The van der Waals surface area contributed by atoms with Gasteiger partial charge >= 0.3 is 0 Å². The van der Waals surface area contributed by atoms with Crippen molar-refractivity contribution in [3.05, 3.63) is 60.2 Å². The fourth-order valence-corrected chi connectivity index (χ4v) is 2.17. The van der Waals surface area contributed by atoms with Crippen LogP contribution in [0.1, 0.15) is 16.8 Å². The van der Waals surface area contributed by atoms with Crippen LogP contribution in [0.25, 0.3) is 0 Å². The topological polar surface area (TPSA) is 53.3 Å². The molecule has 2 aromatic carbocycles. The molecule has 0 N–H and O–H groups in total. The minimum atomic E-state index is 0.0364. The second-order valence-electron chi connectivity index (χ2n) is 4.82. The van der Waals surface area contributed by atoms with Gasteiger partial charge in [0.15, 0.2) is 5.78 Å². The molecule has 0 saturated carbocycles. The molecule has 0 aliphatic rings. The number of nitrogens with zero attached hydrogens (tertiary/aromatic N) is 2. The van der Waals surface area contributed by atoms with E-state index in [-0.39, 0.29) is 12.3 Å². The largest absolute Gasteiger partial charge is 0.497 e. The van der Waals surface area contributed by atoms with Crippen molar-refractivity contribution in [1.82, 2.24) is 0 Å². The van der Waals surface area contributed by atoms with Crippen molar-refractivity contribution >= 4 is 11.5 Å². The average molecular weight is 294 g/mol. The number of rotatable bonds is 7. The molecule has 112 valence electrons. The third-order valence-corrected chi connectivity index (χ3v) is 3.36. The Morgan fingerprint density at radius 2 is 1.82 bits per heavy atom. The van der Waals surface area contributed by atoms with Gasteiger partial charge in [-0.25, -0.2) is 0 Å². The van der Waals surface area contributed by atoms with Crippen LogP contribution in [-0.2, 0) is 0 Å². The zero-order valence-corrected chi connectivity index (χ0v) is 12.5. The maximum atomic E-state index is 12.4. The summed E-state index contributed by atoms with van der Waals surface area (Å²) in [5.41, 5.74) is 1.58. The lowest BCUT2D eigenvalue weighted by molar-refractivity contribution is 0.0999. The van der Waals surface area contributed by atoms with Crippen LogP contribution >= 0.6 is 0 Å². The van der Waals surface area contributed by atoms with Crippen LogP contribution in [0.5, 0.6) is 5.75 Å². The monoisotopic (exact) mass is 294 g/mol. The number of ether oxygens (including phenoxy) is 1. The van der Waals surface area contributed by atoms with Crippen LogP contribution in [0, 0.1) is 11.3 Å². The molecule has 0 saturated heterocycles. The van der Waals surface area contributed by atoms with Gasteiger partial charge in [0.25, 0.3) is 0 Å². The first-order chi connectivity index (χ1) is 10.7. The molecule has 4 nitrogen and oxygen atoms in total. The molecule has 0 atom stereocenters. The maximum Gasteiger partial charge on any atom is 0.182 e. The van der Waals surface area contributed by atoms with Crippen molar-refractivity contribution < 1.29 is 9.53 Å². The van der Waals surface area contributed by atoms with Gasteiger partial charge < -0.3 is 9.64 Å². The molecule has 0 heterocycles. The molecule has 0 amide bonds. The Hall–Kier alpha value is -2.80. The Morgan fingerprint density at radius 1 is 1.14 bits per heavy atom. The second kappa shape index (κ2) is 7.84. The summed E-state index contributed by atoms with van der Waals surface area (Å²) in [4.78, 5) is 14.3. The van der Waals surface area contributed by atoms with E-state index >= 15 is 0 Å². The predicted molar refractivity (Wildman–Crippen MR) is 86.2 cm³/mol. The van der Waals surface area contributed by atoms with E-state index in [0.29, 0.717) is 18.5 Å². The van der Waals surface area contributed by atoms with E-state index in [9.17, 15) is 4.79 Å². The third-order valence-electron chi connectivity index (χ3n) is 3.36. The van der Waals surface area contributed by atoms with Gasteiger partial charge in [0.2, 0.25) is 0 Å². The van der Waals surface area contributed by atoms with Crippen LogP contribution in [0.15, 0.2) is 54.6 Å². The minimum absolute atomic E-state index is 0.0364. The smallest absolute Gasteiger partial charge is 0.182 e. The quantitative estimate of drug-likeness (QED) is 0.735. The first kappa shape index (κ1) is 15.6. The summed E-state index contributed by atoms with van der Waals surface area (Å²) in [6, 6.07) is 18.8. The first-order valence-corrected chi connectivity index (χ1v) is 7.09. The normalized spacial score (nSPS) is 9.82. The summed E-state index contributed by atoms with van der Waals surface area (Å²) in [5, 5.41) is 8.81. The van der Waals surface area contributed by atoms with Gasteiger partial charge in [-0.3, -0.25) is 4.79 Å². The molecule has 2 aromatic rings. The average Bonchev–Trinajstić information content (AvgIpc) is 2.59. The number of benzene rings is 2. The van der Waals surface area contributed by atoms with Crippen molar-refractivity contribution in [2.75, 3.05) is 25.1 Å². The molecule has 22 heavy (non-hydrogen) atoms. The highest BCUT2D eigenvalue weighted by Crippen LogP contribution is 2.20. The van der Waals surface area contributed by atoms with Gasteiger partial charge in [-0.15, -0.1) is 0 Å². The van der Waals surface area contributed by atoms with Gasteiger partial charge in [-0.2, -0.15) is 5.26 Å². The van der Waals surface area contributed by atoms with E-state index in [0.717, 1.165) is 11.4 Å². The molecule has 0 aliphatic carbocycles. The summed E-state index contributed by atoms with van der Waals surface area (Å²) < 4.78 is 5.14. The summed E-state index contributed by atoms with van der Waals surface area (Å²) >= 11 is 0. The Morgan fingerprint density at radius 3 is 2.41 bits per heavy atom. The van der Waals surface area contributed by atoms with Crippen LogP contribution in [0.3, 0.4) is 0 Å². The molecule has 0 bridgehead atoms. The Bertz CT molecular complexity index is 645. The predicted octanol–water partition coefficient (Wildman–Crippen LogP) is 3.30. The number of carbonyl (C=O) groups is 1. The Kier molecular flexibility index (Phi) is 5.56. The lowest BCUT2D eigenvalue weighted by Gasteiger charge is -2.23. The minimum Gasteiger partial charge on any atom is -0.497 e. The summed E-state index contributed by atoms with van der Waals surface area (Å²) in [6.07, 6.45) is 0.369. The highest BCUT2D eigenvalue weighted by molar-refractivity contribution is 5.99. The molecule has 0 aliphatic heterocycles. The SMILES string of the molecule is COc1ccc(N(CCC#N)CC(=O)c2ccccc2)cc1. The number of ketones is 1. The van der Waals surface area contributed by atoms with Crippen molar-refractivity contribution in [2.45, 2.75) is 6.42 Å². The number of Topliss-reactive ketones (excluding diaryl/α,β-unsaturated/α-hetero) is 1. The molecule has 0 unspecified atom stereocenters.